The molecule has 0 fully saturated rings. The van der Waals surface area contributed by atoms with E-state index >= 15 is 0 Å². The number of benzene rings is 2. The van der Waals surface area contributed by atoms with Gasteiger partial charge in [-0.15, -0.1) is 0 Å². The normalized spacial score (nSPS) is 11.8. The minimum Gasteiger partial charge on any atom is -0.482 e. The summed E-state index contributed by atoms with van der Waals surface area (Å²) in [5, 5.41) is -0.460. The number of rotatable bonds is 6. The Morgan fingerprint density at radius 2 is 1.87 bits per heavy atom. The van der Waals surface area contributed by atoms with Crippen LogP contribution in [0.2, 0.25) is 5.02 Å². The van der Waals surface area contributed by atoms with Gasteiger partial charge < -0.3 is 9.30 Å². The predicted molar refractivity (Wildman–Crippen MR) is 112 cm³/mol. The monoisotopic (exact) mass is 434 g/mol. The number of nitrogens with zero attached hydrogens (tertiary/aromatic N) is 2. The Balaban J connectivity index is 2.16. The lowest BCUT2D eigenvalue weighted by atomic mass is 10.1. The SMILES string of the molecule is C/N=C/COc1cn(Cc2ccccc2)c(-c2cccc(C(F)(F)F)c2Cl)cc1=O. The van der Waals surface area contributed by atoms with E-state index in [0.29, 0.717) is 6.54 Å². The predicted octanol–water partition coefficient (Wildman–Crippen LogP) is 5.32. The van der Waals surface area contributed by atoms with Crippen LogP contribution >= 0.6 is 11.6 Å². The summed E-state index contributed by atoms with van der Waals surface area (Å²) in [4.78, 5) is 16.4. The molecule has 0 bridgehead atoms. The van der Waals surface area contributed by atoms with Crippen molar-refractivity contribution in [2.24, 2.45) is 4.99 Å². The van der Waals surface area contributed by atoms with Gasteiger partial charge in [0, 0.05) is 31.4 Å². The van der Waals surface area contributed by atoms with Crippen molar-refractivity contribution in [1.82, 2.24) is 4.57 Å². The van der Waals surface area contributed by atoms with Crippen LogP contribution in [0, 0.1) is 0 Å². The van der Waals surface area contributed by atoms with Crippen molar-refractivity contribution in [3.05, 3.63) is 87.2 Å². The number of hydrogen-bond donors (Lipinski definition) is 0. The minimum atomic E-state index is -4.61. The van der Waals surface area contributed by atoms with Crippen molar-refractivity contribution in [3.63, 3.8) is 0 Å². The fourth-order valence-electron chi connectivity index (χ4n) is 2.96. The van der Waals surface area contributed by atoms with Crippen LogP contribution in [0.5, 0.6) is 5.75 Å². The Morgan fingerprint density at radius 3 is 2.53 bits per heavy atom. The number of aliphatic imine (C=N–C) groups is 1. The number of halogens is 4. The summed E-state index contributed by atoms with van der Waals surface area (Å²) in [6.45, 7) is 0.405. The second kappa shape index (κ2) is 9.17. The molecule has 0 aliphatic heterocycles. The molecule has 0 aliphatic carbocycles. The molecule has 0 saturated heterocycles. The molecule has 3 aromatic rings. The molecule has 3 rings (SSSR count). The van der Waals surface area contributed by atoms with E-state index in [1.807, 2.05) is 30.3 Å². The third kappa shape index (κ3) is 4.91. The first kappa shape index (κ1) is 21.6. The van der Waals surface area contributed by atoms with Gasteiger partial charge in [-0.05, 0) is 11.6 Å². The maximum atomic E-state index is 13.3. The molecule has 1 aromatic heterocycles. The molecule has 0 radical (unpaired) electrons. The summed E-state index contributed by atoms with van der Waals surface area (Å²) >= 11 is 6.11. The van der Waals surface area contributed by atoms with Crippen molar-refractivity contribution in [1.29, 1.82) is 0 Å². The van der Waals surface area contributed by atoms with Crippen LogP contribution in [-0.2, 0) is 12.7 Å². The molecule has 156 valence electrons. The van der Waals surface area contributed by atoms with Crippen molar-refractivity contribution >= 4 is 17.8 Å². The van der Waals surface area contributed by atoms with E-state index in [-0.39, 0.29) is 23.6 Å². The lowest BCUT2D eigenvalue weighted by Gasteiger charge is -2.18. The molecule has 1 heterocycles. The molecule has 8 heteroatoms. The second-order valence-corrected chi connectivity index (χ2v) is 6.80. The van der Waals surface area contributed by atoms with Crippen LogP contribution in [0.4, 0.5) is 13.2 Å². The molecule has 0 spiro atoms. The quantitative estimate of drug-likeness (QED) is 0.493. The van der Waals surface area contributed by atoms with Crippen LogP contribution in [0.25, 0.3) is 11.3 Å². The van der Waals surface area contributed by atoms with E-state index in [1.54, 1.807) is 11.6 Å². The molecular weight excluding hydrogens is 417 g/mol. The van der Waals surface area contributed by atoms with Crippen LogP contribution in [-0.4, -0.2) is 24.4 Å². The van der Waals surface area contributed by atoms with Crippen LogP contribution in [0.3, 0.4) is 0 Å². The summed E-state index contributed by atoms with van der Waals surface area (Å²) in [5.41, 5.74) is -0.156. The summed E-state index contributed by atoms with van der Waals surface area (Å²) in [6.07, 6.45) is -1.64. The fraction of sp³-hybridized carbons (Fsp3) is 0.182. The van der Waals surface area contributed by atoms with Crippen LogP contribution in [0.1, 0.15) is 11.1 Å². The third-order valence-electron chi connectivity index (χ3n) is 4.36. The highest BCUT2D eigenvalue weighted by Gasteiger charge is 2.34. The van der Waals surface area contributed by atoms with E-state index in [4.69, 9.17) is 16.3 Å². The van der Waals surface area contributed by atoms with Gasteiger partial charge in [0.1, 0.15) is 6.61 Å². The van der Waals surface area contributed by atoms with Crippen LogP contribution in [0.15, 0.2) is 70.6 Å². The first-order valence-electron chi connectivity index (χ1n) is 8.99. The van der Waals surface area contributed by atoms with Gasteiger partial charge in [0.2, 0.25) is 5.43 Å². The Hall–Kier alpha value is -3.06. The zero-order valence-electron chi connectivity index (χ0n) is 16.0. The van der Waals surface area contributed by atoms with E-state index in [0.717, 1.165) is 11.6 Å². The van der Waals surface area contributed by atoms with Crippen molar-refractivity contribution in [2.45, 2.75) is 12.7 Å². The third-order valence-corrected chi connectivity index (χ3v) is 4.77. The topological polar surface area (TPSA) is 43.6 Å². The van der Waals surface area contributed by atoms with Crippen LogP contribution < -0.4 is 10.2 Å². The van der Waals surface area contributed by atoms with Gasteiger partial charge in [0.25, 0.3) is 0 Å². The molecule has 0 atom stereocenters. The van der Waals surface area contributed by atoms with Gasteiger partial charge in [0.15, 0.2) is 5.75 Å². The molecule has 2 aromatic carbocycles. The number of hydrogen-bond acceptors (Lipinski definition) is 3. The molecule has 0 amide bonds. The standard InChI is InChI=1S/C22H18ClF3N2O2/c1-27-10-11-30-20-14-28(13-15-6-3-2-4-7-15)18(12-19(20)29)16-8-5-9-17(21(16)23)22(24,25)26/h2-10,12,14H,11,13H2,1H3/b27-10+. The number of alkyl halides is 3. The van der Waals surface area contributed by atoms with Gasteiger partial charge in [-0.2, -0.15) is 13.2 Å². The molecular formula is C22H18ClF3N2O2. The van der Waals surface area contributed by atoms with E-state index in [9.17, 15) is 18.0 Å². The molecule has 0 N–H and O–H groups in total. The Bertz CT molecular complexity index is 1110. The smallest absolute Gasteiger partial charge is 0.417 e. The molecule has 0 aliphatic rings. The second-order valence-electron chi connectivity index (χ2n) is 6.42. The van der Waals surface area contributed by atoms with Gasteiger partial charge in [0.05, 0.1) is 22.5 Å². The first-order chi connectivity index (χ1) is 14.3. The highest BCUT2D eigenvalue weighted by Crippen LogP contribution is 2.39. The van der Waals surface area contributed by atoms with E-state index in [2.05, 4.69) is 4.99 Å². The highest BCUT2D eigenvalue weighted by atomic mass is 35.5. The van der Waals surface area contributed by atoms with Gasteiger partial charge in [-0.3, -0.25) is 9.79 Å². The van der Waals surface area contributed by atoms with E-state index in [1.165, 1.54) is 30.6 Å². The molecule has 0 saturated carbocycles. The first-order valence-corrected chi connectivity index (χ1v) is 9.37. The lowest BCUT2D eigenvalue weighted by molar-refractivity contribution is -0.137. The summed E-state index contributed by atoms with van der Waals surface area (Å²) in [7, 11) is 1.58. The Labute approximate surface area is 176 Å². The summed E-state index contributed by atoms with van der Waals surface area (Å²) in [6, 6.07) is 14.2. The van der Waals surface area contributed by atoms with Gasteiger partial charge in [-0.25, -0.2) is 0 Å². The largest absolute Gasteiger partial charge is 0.482 e. The van der Waals surface area contributed by atoms with Crippen molar-refractivity contribution in [2.75, 3.05) is 13.7 Å². The maximum absolute atomic E-state index is 13.3. The fourth-order valence-corrected chi connectivity index (χ4v) is 3.28. The van der Waals surface area contributed by atoms with Gasteiger partial charge in [-0.1, -0.05) is 54.1 Å². The van der Waals surface area contributed by atoms with E-state index < -0.39 is 22.2 Å². The van der Waals surface area contributed by atoms with Crippen molar-refractivity contribution in [3.8, 4) is 17.0 Å². The average Bonchev–Trinajstić information content (AvgIpc) is 2.70. The van der Waals surface area contributed by atoms with Gasteiger partial charge >= 0.3 is 6.18 Å². The molecule has 30 heavy (non-hydrogen) atoms. The minimum absolute atomic E-state index is 0.0673. The summed E-state index contributed by atoms with van der Waals surface area (Å²) < 4.78 is 47.1. The number of aromatic nitrogens is 1. The number of pyridine rings is 1. The summed E-state index contributed by atoms with van der Waals surface area (Å²) in [5.74, 6) is 0.0673. The average molecular weight is 435 g/mol. The molecule has 4 nitrogen and oxygen atoms in total. The maximum Gasteiger partial charge on any atom is 0.417 e. The highest BCUT2D eigenvalue weighted by molar-refractivity contribution is 6.34. The van der Waals surface area contributed by atoms with Crippen molar-refractivity contribution < 1.29 is 17.9 Å². The molecule has 0 unspecified atom stereocenters. The zero-order chi connectivity index (χ0) is 21.7. The zero-order valence-corrected chi connectivity index (χ0v) is 16.7. The number of ether oxygens (including phenoxy) is 1. The Morgan fingerprint density at radius 1 is 1.13 bits per heavy atom. The Kier molecular flexibility index (Phi) is 6.62. The lowest BCUT2D eigenvalue weighted by Crippen LogP contribution is -2.16.